The number of aromatic nitrogens is 2. The Bertz CT molecular complexity index is 1290. The zero-order chi connectivity index (χ0) is 24.9. The van der Waals surface area contributed by atoms with Gasteiger partial charge in [0.25, 0.3) is 5.56 Å². The van der Waals surface area contributed by atoms with Crippen LogP contribution in [-0.2, 0) is 20.9 Å². The maximum absolute atomic E-state index is 13.2. The minimum absolute atomic E-state index is 0.0733. The average molecular weight is 477 g/mol. The smallest absolute Gasteiger partial charge is 0.261 e. The predicted octanol–water partition coefficient (Wildman–Crippen LogP) is 3.36. The van der Waals surface area contributed by atoms with Crippen molar-refractivity contribution in [3.8, 4) is 0 Å². The van der Waals surface area contributed by atoms with Crippen molar-refractivity contribution < 1.29 is 14.3 Å². The van der Waals surface area contributed by atoms with E-state index in [2.05, 4.69) is 10.3 Å². The molecule has 1 saturated heterocycles. The summed E-state index contributed by atoms with van der Waals surface area (Å²) < 4.78 is 7.18. The molecule has 184 valence electrons. The first kappa shape index (κ1) is 24.6. The van der Waals surface area contributed by atoms with Gasteiger partial charge in [0.1, 0.15) is 0 Å². The fourth-order valence-corrected chi connectivity index (χ4v) is 4.41. The summed E-state index contributed by atoms with van der Waals surface area (Å²) in [5.41, 5.74) is 4.24. The number of nitrogens with zero attached hydrogens (tertiary/aromatic N) is 3. The number of benzene rings is 2. The molecule has 35 heavy (non-hydrogen) atoms. The van der Waals surface area contributed by atoms with E-state index in [9.17, 15) is 14.4 Å². The van der Waals surface area contributed by atoms with Gasteiger partial charge in [-0.15, -0.1) is 0 Å². The quantitative estimate of drug-likeness (QED) is 0.538. The Morgan fingerprint density at radius 2 is 1.91 bits per heavy atom. The lowest BCUT2D eigenvalue weighted by molar-refractivity contribution is -0.136. The van der Waals surface area contributed by atoms with E-state index in [1.807, 2.05) is 51.1 Å². The fraction of sp³-hybridized carbons (Fsp3) is 0.407. The van der Waals surface area contributed by atoms with Crippen molar-refractivity contribution in [1.82, 2.24) is 14.5 Å². The number of amides is 2. The number of nitrogens with one attached hydrogen (secondary N) is 1. The molecule has 0 aliphatic carbocycles. The zero-order valence-electron chi connectivity index (χ0n) is 20.5. The highest BCUT2D eigenvalue weighted by molar-refractivity contribution is 5.95. The van der Waals surface area contributed by atoms with Gasteiger partial charge >= 0.3 is 0 Å². The molecule has 1 unspecified atom stereocenters. The van der Waals surface area contributed by atoms with Crippen molar-refractivity contribution in [2.45, 2.75) is 52.7 Å². The third-order valence-corrected chi connectivity index (χ3v) is 6.64. The maximum atomic E-state index is 13.2. The molecule has 1 aliphatic heterocycles. The molecule has 3 aromatic rings. The number of hydrogen-bond donors (Lipinski definition) is 1. The van der Waals surface area contributed by atoms with Crippen molar-refractivity contribution in [3.63, 3.8) is 0 Å². The van der Waals surface area contributed by atoms with Gasteiger partial charge in [-0.2, -0.15) is 0 Å². The Labute approximate surface area is 204 Å². The van der Waals surface area contributed by atoms with E-state index in [1.54, 1.807) is 11.0 Å². The SMILES string of the molecule is Cc1cccc(NC(=O)CN(CC2CCCO2)C(=O)CCn2cnc3c(C)cccc3c2=O)c1C. The molecule has 0 spiro atoms. The van der Waals surface area contributed by atoms with Crippen LogP contribution in [0.25, 0.3) is 10.9 Å². The predicted molar refractivity (Wildman–Crippen MR) is 135 cm³/mol. The number of fused-ring (bicyclic) bond motifs is 1. The van der Waals surface area contributed by atoms with Crippen molar-refractivity contribution in [2.75, 3.05) is 25.0 Å². The molecule has 8 heteroatoms. The lowest BCUT2D eigenvalue weighted by Crippen LogP contribution is -2.42. The second-order valence-corrected chi connectivity index (χ2v) is 9.17. The van der Waals surface area contributed by atoms with Crippen LogP contribution in [0.1, 0.15) is 36.0 Å². The number of para-hydroxylation sites is 1. The Kier molecular flexibility index (Phi) is 7.60. The van der Waals surface area contributed by atoms with Gasteiger partial charge in [-0.25, -0.2) is 4.98 Å². The van der Waals surface area contributed by atoms with Crippen LogP contribution >= 0.6 is 0 Å². The molecule has 2 heterocycles. The van der Waals surface area contributed by atoms with Gasteiger partial charge in [0, 0.05) is 31.8 Å². The molecule has 0 bridgehead atoms. The molecule has 1 aliphatic rings. The number of rotatable bonds is 8. The monoisotopic (exact) mass is 476 g/mol. The summed E-state index contributed by atoms with van der Waals surface area (Å²) in [6, 6.07) is 11.2. The van der Waals surface area contributed by atoms with Gasteiger partial charge < -0.3 is 15.0 Å². The van der Waals surface area contributed by atoms with Crippen molar-refractivity contribution in [3.05, 3.63) is 69.8 Å². The van der Waals surface area contributed by atoms with Crippen LogP contribution in [0.3, 0.4) is 0 Å². The van der Waals surface area contributed by atoms with Gasteiger partial charge in [0.2, 0.25) is 11.8 Å². The van der Waals surface area contributed by atoms with Crippen LogP contribution in [-0.4, -0.2) is 52.1 Å². The number of ether oxygens (including phenoxy) is 1. The summed E-state index contributed by atoms with van der Waals surface area (Å²) in [4.78, 5) is 44.9. The van der Waals surface area contributed by atoms with E-state index in [1.165, 1.54) is 10.9 Å². The zero-order valence-corrected chi connectivity index (χ0v) is 20.5. The van der Waals surface area contributed by atoms with Crippen LogP contribution < -0.4 is 10.9 Å². The molecule has 1 atom stereocenters. The fourth-order valence-electron chi connectivity index (χ4n) is 4.41. The molecule has 1 N–H and O–H groups in total. The normalized spacial score (nSPS) is 15.3. The molecular formula is C27H32N4O4. The summed E-state index contributed by atoms with van der Waals surface area (Å²) >= 11 is 0. The van der Waals surface area contributed by atoms with Gasteiger partial charge in [-0.05, 0) is 62.4 Å². The molecule has 8 nitrogen and oxygen atoms in total. The van der Waals surface area contributed by atoms with Crippen LogP contribution in [0, 0.1) is 20.8 Å². The van der Waals surface area contributed by atoms with Crippen molar-refractivity contribution in [1.29, 1.82) is 0 Å². The average Bonchev–Trinajstić information content (AvgIpc) is 3.35. The third kappa shape index (κ3) is 5.77. The molecule has 4 rings (SSSR count). The highest BCUT2D eigenvalue weighted by Gasteiger charge is 2.24. The molecule has 0 radical (unpaired) electrons. The van der Waals surface area contributed by atoms with E-state index in [0.717, 1.165) is 35.2 Å². The number of aryl methyl sites for hydroxylation is 3. The van der Waals surface area contributed by atoms with E-state index in [-0.39, 0.29) is 43.0 Å². The number of carbonyl (C=O) groups is 2. The van der Waals surface area contributed by atoms with Gasteiger partial charge in [-0.3, -0.25) is 19.0 Å². The minimum Gasteiger partial charge on any atom is -0.376 e. The van der Waals surface area contributed by atoms with E-state index < -0.39 is 0 Å². The topological polar surface area (TPSA) is 93.5 Å². The summed E-state index contributed by atoms with van der Waals surface area (Å²) in [6.45, 7) is 6.99. The Hall–Kier alpha value is -3.52. The highest BCUT2D eigenvalue weighted by atomic mass is 16.5. The van der Waals surface area contributed by atoms with Crippen LogP contribution in [0.5, 0.6) is 0 Å². The van der Waals surface area contributed by atoms with Crippen LogP contribution in [0.4, 0.5) is 5.69 Å². The Balaban J connectivity index is 1.46. The number of anilines is 1. The first-order valence-electron chi connectivity index (χ1n) is 12.0. The van der Waals surface area contributed by atoms with Gasteiger partial charge in [0.05, 0.1) is 29.9 Å². The van der Waals surface area contributed by atoms with Crippen LogP contribution in [0.15, 0.2) is 47.5 Å². The third-order valence-electron chi connectivity index (χ3n) is 6.64. The summed E-state index contributed by atoms with van der Waals surface area (Å²) in [5.74, 6) is -0.460. The van der Waals surface area contributed by atoms with E-state index in [4.69, 9.17) is 4.74 Å². The summed E-state index contributed by atoms with van der Waals surface area (Å²) in [5, 5.41) is 3.46. The largest absolute Gasteiger partial charge is 0.376 e. The van der Waals surface area contributed by atoms with E-state index in [0.29, 0.717) is 24.1 Å². The second-order valence-electron chi connectivity index (χ2n) is 9.17. The first-order chi connectivity index (χ1) is 16.8. The second kappa shape index (κ2) is 10.8. The molecule has 1 fully saturated rings. The molecular weight excluding hydrogens is 444 g/mol. The van der Waals surface area contributed by atoms with Crippen molar-refractivity contribution >= 4 is 28.4 Å². The molecule has 2 amide bonds. The van der Waals surface area contributed by atoms with E-state index >= 15 is 0 Å². The first-order valence-corrected chi connectivity index (χ1v) is 12.0. The Morgan fingerprint density at radius 1 is 1.14 bits per heavy atom. The molecule has 2 aromatic carbocycles. The lowest BCUT2D eigenvalue weighted by Gasteiger charge is -2.25. The minimum atomic E-state index is -0.259. The number of hydrogen-bond acceptors (Lipinski definition) is 5. The lowest BCUT2D eigenvalue weighted by atomic mass is 10.1. The highest BCUT2D eigenvalue weighted by Crippen LogP contribution is 2.19. The Morgan fingerprint density at radius 3 is 2.69 bits per heavy atom. The molecule has 1 aromatic heterocycles. The standard InChI is InChI=1S/C27H32N4O4/c1-18-7-5-11-23(20(18)3)29-24(32)16-31(15-21-9-6-14-35-21)25(33)12-13-30-17-28-26-19(2)8-4-10-22(26)27(30)34/h4-5,7-8,10-11,17,21H,6,9,12-16H2,1-3H3,(H,29,32). The van der Waals surface area contributed by atoms with Gasteiger partial charge in [-0.1, -0.05) is 24.3 Å². The van der Waals surface area contributed by atoms with Crippen LogP contribution in [0.2, 0.25) is 0 Å². The number of carbonyl (C=O) groups excluding carboxylic acids is 2. The van der Waals surface area contributed by atoms with Gasteiger partial charge in [0.15, 0.2) is 0 Å². The van der Waals surface area contributed by atoms with Crippen molar-refractivity contribution in [2.24, 2.45) is 0 Å². The molecule has 0 saturated carbocycles. The summed E-state index contributed by atoms with van der Waals surface area (Å²) in [6.07, 6.45) is 3.29. The maximum Gasteiger partial charge on any atom is 0.261 e. The summed E-state index contributed by atoms with van der Waals surface area (Å²) in [7, 11) is 0.